The molecule has 3 amide bonds. The van der Waals surface area contributed by atoms with Crippen LogP contribution in [0.2, 0.25) is 0 Å². The number of rotatable bonds is 3. The van der Waals surface area contributed by atoms with E-state index in [1.165, 1.54) is 7.11 Å². The first-order valence-corrected chi connectivity index (χ1v) is 9.57. The van der Waals surface area contributed by atoms with Crippen LogP contribution in [0.3, 0.4) is 0 Å². The molecule has 2 aromatic carbocycles. The van der Waals surface area contributed by atoms with Crippen LogP contribution in [-0.4, -0.2) is 42.8 Å². The van der Waals surface area contributed by atoms with Gasteiger partial charge in [-0.1, -0.05) is 25.0 Å². The molecule has 28 heavy (non-hydrogen) atoms. The second-order valence-corrected chi connectivity index (χ2v) is 7.08. The first-order valence-electron chi connectivity index (χ1n) is 9.57. The van der Waals surface area contributed by atoms with Gasteiger partial charge in [0.2, 0.25) is 0 Å². The minimum atomic E-state index is -0.435. The molecule has 1 saturated heterocycles. The first-order chi connectivity index (χ1) is 13.6. The number of nitrogens with zero attached hydrogens (tertiary/aromatic N) is 2. The van der Waals surface area contributed by atoms with E-state index in [2.05, 4.69) is 0 Å². The lowest BCUT2D eigenvalue weighted by molar-refractivity contribution is 0.0761. The van der Waals surface area contributed by atoms with E-state index < -0.39 is 11.8 Å². The zero-order chi connectivity index (χ0) is 19.7. The summed E-state index contributed by atoms with van der Waals surface area (Å²) in [6.07, 6.45) is 4.26. The highest BCUT2D eigenvalue weighted by molar-refractivity contribution is 6.35. The number of methoxy groups -OCH3 is 1. The summed E-state index contributed by atoms with van der Waals surface area (Å²) in [7, 11) is 1.50. The van der Waals surface area contributed by atoms with Gasteiger partial charge < -0.3 is 9.64 Å². The van der Waals surface area contributed by atoms with Crippen molar-refractivity contribution in [2.45, 2.75) is 25.7 Å². The minimum absolute atomic E-state index is 0.0827. The van der Waals surface area contributed by atoms with Gasteiger partial charge in [-0.3, -0.25) is 14.4 Å². The van der Waals surface area contributed by atoms with Crippen molar-refractivity contribution in [1.82, 2.24) is 4.90 Å². The Bertz CT molecular complexity index is 945. The van der Waals surface area contributed by atoms with Gasteiger partial charge in [-0.05, 0) is 43.2 Å². The zero-order valence-electron chi connectivity index (χ0n) is 15.8. The smallest absolute Gasteiger partial charge is 0.266 e. The molecule has 4 rings (SSSR count). The van der Waals surface area contributed by atoms with Gasteiger partial charge in [0, 0.05) is 18.7 Å². The lowest BCUT2D eigenvalue weighted by Crippen LogP contribution is -2.32. The lowest BCUT2D eigenvalue weighted by Gasteiger charge is -2.20. The molecule has 0 spiro atoms. The fraction of sp³-hybridized carbons (Fsp3) is 0.318. The normalized spacial score (nSPS) is 16.8. The third kappa shape index (κ3) is 3.05. The Morgan fingerprint density at radius 3 is 2.29 bits per heavy atom. The number of benzene rings is 2. The molecule has 2 aliphatic rings. The number of ether oxygens (including phenoxy) is 1. The Hall–Kier alpha value is -3.15. The number of hydrogen-bond donors (Lipinski definition) is 0. The maximum atomic E-state index is 13.0. The first kappa shape index (κ1) is 18.2. The third-order valence-electron chi connectivity index (χ3n) is 5.35. The van der Waals surface area contributed by atoms with Crippen molar-refractivity contribution in [1.29, 1.82) is 0 Å². The number of imide groups is 1. The van der Waals surface area contributed by atoms with E-state index in [-0.39, 0.29) is 11.5 Å². The topological polar surface area (TPSA) is 66.9 Å². The predicted octanol–water partition coefficient (Wildman–Crippen LogP) is 3.51. The van der Waals surface area contributed by atoms with Crippen molar-refractivity contribution >= 4 is 23.4 Å². The van der Waals surface area contributed by atoms with E-state index >= 15 is 0 Å². The van der Waals surface area contributed by atoms with E-state index in [0.29, 0.717) is 22.6 Å². The molecule has 0 unspecified atom stereocenters. The highest BCUT2D eigenvalue weighted by Gasteiger charge is 2.38. The SMILES string of the molecule is COc1ccccc1N1C(=O)c2ccc(C(=O)N3CCCCCC3)cc2C1=O. The summed E-state index contributed by atoms with van der Waals surface area (Å²) < 4.78 is 5.30. The maximum absolute atomic E-state index is 13.0. The molecule has 144 valence electrons. The molecule has 0 bridgehead atoms. The fourth-order valence-corrected chi connectivity index (χ4v) is 3.86. The van der Waals surface area contributed by atoms with E-state index in [0.717, 1.165) is 43.7 Å². The van der Waals surface area contributed by atoms with E-state index in [9.17, 15) is 14.4 Å². The molecule has 0 radical (unpaired) electrons. The Morgan fingerprint density at radius 2 is 1.57 bits per heavy atom. The van der Waals surface area contributed by atoms with Crippen LogP contribution in [0.15, 0.2) is 42.5 Å². The van der Waals surface area contributed by atoms with Gasteiger partial charge in [-0.25, -0.2) is 4.90 Å². The number of para-hydroxylation sites is 2. The van der Waals surface area contributed by atoms with E-state index in [1.807, 2.05) is 4.90 Å². The van der Waals surface area contributed by atoms with Crippen molar-refractivity contribution in [3.8, 4) is 5.75 Å². The quantitative estimate of drug-likeness (QED) is 0.767. The molecule has 2 aliphatic heterocycles. The molecule has 1 fully saturated rings. The Kier molecular flexibility index (Phi) is 4.86. The molecule has 0 aromatic heterocycles. The van der Waals surface area contributed by atoms with Crippen molar-refractivity contribution in [2.75, 3.05) is 25.1 Å². The van der Waals surface area contributed by atoms with Crippen LogP contribution in [-0.2, 0) is 0 Å². The fourth-order valence-electron chi connectivity index (χ4n) is 3.86. The molecule has 0 saturated carbocycles. The minimum Gasteiger partial charge on any atom is -0.495 e. The Labute approximate surface area is 163 Å². The number of carbonyl (C=O) groups is 3. The second-order valence-electron chi connectivity index (χ2n) is 7.08. The zero-order valence-corrected chi connectivity index (χ0v) is 15.8. The average Bonchev–Trinajstić information content (AvgIpc) is 2.91. The van der Waals surface area contributed by atoms with E-state index in [4.69, 9.17) is 4.74 Å². The third-order valence-corrected chi connectivity index (χ3v) is 5.35. The summed E-state index contributed by atoms with van der Waals surface area (Å²) in [5.74, 6) is -0.480. The van der Waals surface area contributed by atoms with Crippen LogP contribution < -0.4 is 9.64 Å². The van der Waals surface area contributed by atoms with Gasteiger partial charge in [0.1, 0.15) is 5.75 Å². The molecule has 0 atom stereocenters. The van der Waals surface area contributed by atoms with Gasteiger partial charge in [-0.15, -0.1) is 0 Å². The number of amides is 3. The average molecular weight is 378 g/mol. The molecule has 6 nitrogen and oxygen atoms in total. The Balaban J connectivity index is 1.67. The maximum Gasteiger partial charge on any atom is 0.266 e. The van der Waals surface area contributed by atoms with Gasteiger partial charge in [0.25, 0.3) is 17.7 Å². The summed E-state index contributed by atoms with van der Waals surface area (Å²) in [6.45, 7) is 1.46. The van der Waals surface area contributed by atoms with Crippen molar-refractivity contribution in [3.63, 3.8) is 0 Å². The highest BCUT2D eigenvalue weighted by atomic mass is 16.5. The number of likely N-dealkylation sites (tertiary alicyclic amines) is 1. The van der Waals surface area contributed by atoms with Crippen LogP contribution in [0.25, 0.3) is 0 Å². The van der Waals surface area contributed by atoms with Crippen molar-refractivity contribution in [2.24, 2.45) is 0 Å². The largest absolute Gasteiger partial charge is 0.495 e. The number of fused-ring (bicyclic) bond motifs is 1. The van der Waals surface area contributed by atoms with Gasteiger partial charge >= 0.3 is 0 Å². The molecular formula is C22H22N2O4. The summed E-state index contributed by atoms with van der Waals surface area (Å²) in [6, 6.07) is 11.7. The molecule has 0 N–H and O–H groups in total. The summed E-state index contributed by atoms with van der Waals surface area (Å²) in [5.41, 5.74) is 1.42. The van der Waals surface area contributed by atoms with Crippen LogP contribution in [0, 0.1) is 0 Å². The summed E-state index contributed by atoms with van der Waals surface area (Å²) >= 11 is 0. The number of carbonyl (C=O) groups excluding carboxylic acids is 3. The van der Waals surface area contributed by atoms with Crippen LogP contribution in [0.5, 0.6) is 5.75 Å². The van der Waals surface area contributed by atoms with E-state index in [1.54, 1.807) is 42.5 Å². The molecule has 6 heteroatoms. The number of hydrogen-bond acceptors (Lipinski definition) is 4. The second kappa shape index (κ2) is 7.46. The van der Waals surface area contributed by atoms with Crippen molar-refractivity contribution < 1.29 is 19.1 Å². The number of anilines is 1. The molecule has 2 aromatic rings. The van der Waals surface area contributed by atoms with Crippen molar-refractivity contribution in [3.05, 3.63) is 59.2 Å². The molecular weight excluding hydrogens is 356 g/mol. The highest BCUT2D eigenvalue weighted by Crippen LogP contribution is 2.35. The lowest BCUT2D eigenvalue weighted by atomic mass is 10.0. The monoisotopic (exact) mass is 378 g/mol. The van der Waals surface area contributed by atoms with Gasteiger partial charge in [0.05, 0.1) is 23.9 Å². The van der Waals surface area contributed by atoms with Crippen LogP contribution in [0.1, 0.15) is 56.8 Å². The summed E-state index contributed by atoms with van der Waals surface area (Å²) in [5, 5.41) is 0. The molecule has 2 heterocycles. The van der Waals surface area contributed by atoms with Gasteiger partial charge in [0.15, 0.2) is 0 Å². The predicted molar refractivity (Wildman–Crippen MR) is 105 cm³/mol. The molecule has 0 aliphatic carbocycles. The van der Waals surface area contributed by atoms with Crippen LogP contribution >= 0.6 is 0 Å². The van der Waals surface area contributed by atoms with Gasteiger partial charge in [-0.2, -0.15) is 0 Å². The Morgan fingerprint density at radius 1 is 0.893 bits per heavy atom. The summed E-state index contributed by atoms with van der Waals surface area (Å²) in [4.78, 5) is 41.7. The standard InChI is InChI=1S/C22H22N2O4/c1-28-19-9-5-4-8-18(19)24-21(26)16-11-10-15(14-17(16)22(24)27)20(25)23-12-6-2-3-7-13-23/h4-5,8-11,14H,2-3,6-7,12-13H2,1H3. The van der Waals surface area contributed by atoms with Crippen LogP contribution in [0.4, 0.5) is 5.69 Å².